The van der Waals surface area contributed by atoms with Gasteiger partial charge in [0.25, 0.3) is 0 Å². The lowest BCUT2D eigenvalue weighted by Gasteiger charge is -2.05. The number of hydrogen-bond acceptors (Lipinski definition) is 2. The average Bonchev–Trinajstić information content (AvgIpc) is 2.14. The fourth-order valence-corrected chi connectivity index (χ4v) is 1.41. The van der Waals surface area contributed by atoms with Crippen LogP contribution in [0.25, 0.3) is 0 Å². The molecule has 0 heterocycles. The third kappa shape index (κ3) is 3.85. The van der Waals surface area contributed by atoms with E-state index in [1.165, 1.54) is 0 Å². The Morgan fingerprint density at radius 3 is 2.79 bits per heavy atom. The molecule has 1 atom stereocenters. The Labute approximate surface area is 83.8 Å². The number of benzene rings is 1. The number of alkyl halides is 1. The molecule has 1 aromatic rings. The van der Waals surface area contributed by atoms with Gasteiger partial charge in [-0.2, -0.15) is 0 Å². The number of halogens is 1. The average molecular weight is 197 g/mol. The molecular weight excluding hydrogens is 181 g/mol. The van der Waals surface area contributed by atoms with E-state index >= 15 is 0 Å². The van der Waals surface area contributed by atoms with E-state index in [-0.39, 0.29) is 0 Å². The first-order chi connectivity index (χ1) is 6.72. The first-order valence-electron chi connectivity index (χ1n) is 4.76. The summed E-state index contributed by atoms with van der Waals surface area (Å²) in [6, 6.07) is 7.85. The highest BCUT2D eigenvalue weighted by atomic mass is 19.1. The van der Waals surface area contributed by atoms with E-state index in [9.17, 15) is 4.39 Å². The molecule has 1 aromatic carbocycles. The summed E-state index contributed by atoms with van der Waals surface area (Å²) in [7, 11) is 0. The van der Waals surface area contributed by atoms with Gasteiger partial charge in [-0.15, -0.1) is 0 Å². The van der Waals surface area contributed by atoms with E-state index in [1.807, 2.05) is 24.3 Å². The molecule has 0 aliphatic heterocycles. The smallest absolute Gasteiger partial charge is 0.101 e. The predicted molar refractivity (Wildman–Crippen MR) is 54.6 cm³/mol. The molecule has 0 fully saturated rings. The predicted octanol–water partition coefficient (Wildman–Crippen LogP) is 2.02. The summed E-state index contributed by atoms with van der Waals surface area (Å²) in [5.41, 5.74) is 2.16. The van der Waals surface area contributed by atoms with Crippen LogP contribution < -0.4 is 5.90 Å². The van der Waals surface area contributed by atoms with Crippen LogP contribution in [0.15, 0.2) is 24.3 Å². The molecule has 0 saturated carbocycles. The molecule has 0 spiro atoms. The van der Waals surface area contributed by atoms with E-state index in [2.05, 4.69) is 4.84 Å². The highest BCUT2D eigenvalue weighted by molar-refractivity contribution is 5.24. The standard InChI is InChI=1S/C11H16FNO/c1-9(12)7-11-4-2-3-10(8-11)5-6-14-13/h2-4,8-9H,5-7,13H2,1H3. The fraction of sp³-hybridized carbons (Fsp3) is 0.455. The van der Waals surface area contributed by atoms with Gasteiger partial charge in [0.2, 0.25) is 0 Å². The van der Waals surface area contributed by atoms with Crippen LogP contribution in [0, 0.1) is 0 Å². The maximum absolute atomic E-state index is 12.7. The molecule has 1 unspecified atom stereocenters. The zero-order valence-electron chi connectivity index (χ0n) is 8.37. The van der Waals surface area contributed by atoms with Crippen molar-refractivity contribution in [1.82, 2.24) is 0 Å². The summed E-state index contributed by atoms with van der Waals surface area (Å²) in [6.07, 6.45) is 0.443. The summed E-state index contributed by atoms with van der Waals surface area (Å²) in [5.74, 6) is 4.94. The van der Waals surface area contributed by atoms with Crippen LogP contribution in [0.5, 0.6) is 0 Å². The zero-order chi connectivity index (χ0) is 10.4. The lowest BCUT2D eigenvalue weighted by atomic mass is 10.0. The van der Waals surface area contributed by atoms with E-state index < -0.39 is 6.17 Å². The van der Waals surface area contributed by atoms with Crippen molar-refractivity contribution in [2.24, 2.45) is 5.90 Å². The van der Waals surface area contributed by atoms with Crippen LogP contribution in [0.2, 0.25) is 0 Å². The molecule has 0 aliphatic carbocycles. The second kappa shape index (κ2) is 5.73. The van der Waals surface area contributed by atoms with Crippen LogP contribution in [0.3, 0.4) is 0 Å². The molecule has 0 bridgehead atoms. The van der Waals surface area contributed by atoms with Crippen LogP contribution in [-0.2, 0) is 17.7 Å². The van der Waals surface area contributed by atoms with Crippen molar-refractivity contribution >= 4 is 0 Å². The number of nitrogens with two attached hydrogens (primary N) is 1. The monoisotopic (exact) mass is 197 g/mol. The van der Waals surface area contributed by atoms with Crippen molar-refractivity contribution in [3.05, 3.63) is 35.4 Å². The van der Waals surface area contributed by atoms with Crippen molar-refractivity contribution in [1.29, 1.82) is 0 Å². The molecule has 78 valence electrons. The fourth-order valence-electron chi connectivity index (χ4n) is 1.41. The summed E-state index contributed by atoms with van der Waals surface area (Å²) < 4.78 is 12.7. The zero-order valence-corrected chi connectivity index (χ0v) is 8.37. The first kappa shape index (κ1) is 11.1. The number of rotatable bonds is 5. The SMILES string of the molecule is CC(F)Cc1cccc(CCON)c1. The number of hydrogen-bond donors (Lipinski definition) is 1. The lowest BCUT2D eigenvalue weighted by molar-refractivity contribution is 0.141. The Balaban J connectivity index is 2.59. The summed E-state index contributed by atoms with van der Waals surface area (Å²) >= 11 is 0. The minimum Gasteiger partial charge on any atom is -0.304 e. The van der Waals surface area contributed by atoms with Gasteiger partial charge in [0.1, 0.15) is 6.17 Å². The Morgan fingerprint density at radius 1 is 1.43 bits per heavy atom. The van der Waals surface area contributed by atoms with Gasteiger partial charge in [-0.05, 0) is 24.5 Å². The second-order valence-corrected chi connectivity index (χ2v) is 3.43. The minimum atomic E-state index is -0.795. The Morgan fingerprint density at radius 2 is 2.14 bits per heavy atom. The van der Waals surface area contributed by atoms with E-state index in [4.69, 9.17) is 5.90 Å². The van der Waals surface area contributed by atoms with Crippen molar-refractivity contribution in [2.75, 3.05) is 6.61 Å². The van der Waals surface area contributed by atoms with Gasteiger partial charge < -0.3 is 4.84 Å². The maximum Gasteiger partial charge on any atom is 0.101 e. The van der Waals surface area contributed by atoms with E-state index in [0.717, 1.165) is 17.5 Å². The lowest BCUT2D eigenvalue weighted by Crippen LogP contribution is -2.04. The molecular formula is C11H16FNO. The van der Waals surface area contributed by atoms with Crippen LogP contribution in [-0.4, -0.2) is 12.8 Å². The summed E-state index contributed by atoms with van der Waals surface area (Å²) in [4.78, 5) is 4.49. The van der Waals surface area contributed by atoms with Crippen LogP contribution in [0.4, 0.5) is 4.39 Å². The van der Waals surface area contributed by atoms with Crippen LogP contribution >= 0.6 is 0 Å². The molecule has 2 nitrogen and oxygen atoms in total. The molecule has 14 heavy (non-hydrogen) atoms. The van der Waals surface area contributed by atoms with Gasteiger partial charge in [-0.25, -0.2) is 10.3 Å². The Kier molecular flexibility index (Phi) is 4.56. The molecule has 0 amide bonds. The third-order valence-corrected chi connectivity index (χ3v) is 2.02. The van der Waals surface area contributed by atoms with Crippen molar-refractivity contribution in [3.63, 3.8) is 0 Å². The second-order valence-electron chi connectivity index (χ2n) is 3.43. The van der Waals surface area contributed by atoms with Gasteiger partial charge in [0, 0.05) is 6.42 Å². The largest absolute Gasteiger partial charge is 0.304 e. The molecule has 0 aliphatic rings. The molecule has 3 heteroatoms. The Hall–Kier alpha value is -0.930. The van der Waals surface area contributed by atoms with Crippen molar-refractivity contribution in [2.45, 2.75) is 25.9 Å². The van der Waals surface area contributed by atoms with Crippen LogP contribution in [0.1, 0.15) is 18.1 Å². The van der Waals surface area contributed by atoms with E-state index in [1.54, 1.807) is 6.92 Å². The quantitative estimate of drug-likeness (QED) is 0.733. The summed E-state index contributed by atoms with van der Waals surface area (Å²) in [6.45, 7) is 2.06. The first-order valence-corrected chi connectivity index (χ1v) is 4.76. The normalized spacial score (nSPS) is 12.8. The minimum absolute atomic E-state index is 0.470. The molecule has 2 N–H and O–H groups in total. The van der Waals surface area contributed by atoms with Gasteiger partial charge in [0.05, 0.1) is 6.61 Å². The highest BCUT2D eigenvalue weighted by Gasteiger charge is 2.01. The van der Waals surface area contributed by atoms with Crippen molar-refractivity contribution < 1.29 is 9.23 Å². The topological polar surface area (TPSA) is 35.2 Å². The molecule has 0 aromatic heterocycles. The van der Waals surface area contributed by atoms with Gasteiger partial charge >= 0.3 is 0 Å². The molecule has 0 radical (unpaired) electrons. The van der Waals surface area contributed by atoms with Gasteiger partial charge in [-0.3, -0.25) is 0 Å². The summed E-state index contributed by atoms with van der Waals surface area (Å²) in [5, 5.41) is 0. The Bertz CT molecular complexity index is 276. The van der Waals surface area contributed by atoms with Crippen molar-refractivity contribution in [3.8, 4) is 0 Å². The van der Waals surface area contributed by atoms with Gasteiger partial charge in [-0.1, -0.05) is 24.3 Å². The van der Waals surface area contributed by atoms with Gasteiger partial charge in [0.15, 0.2) is 0 Å². The highest BCUT2D eigenvalue weighted by Crippen LogP contribution is 2.09. The molecule has 1 rings (SSSR count). The maximum atomic E-state index is 12.7. The third-order valence-electron chi connectivity index (χ3n) is 2.02. The molecule has 0 saturated heterocycles. The van der Waals surface area contributed by atoms with E-state index in [0.29, 0.717) is 13.0 Å².